The Morgan fingerprint density at radius 3 is 2.93 bits per heavy atom. The molecule has 1 aliphatic carbocycles. The molecule has 0 fully saturated rings. The van der Waals surface area contributed by atoms with Crippen molar-refractivity contribution in [2.75, 3.05) is 26.0 Å². The third-order valence-corrected chi connectivity index (χ3v) is 7.15. The summed E-state index contributed by atoms with van der Waals surface area (Å²) in [7, 11) is 1.61. The molecule has 1 amide bonds. The van der Waals surface area contributed by atoms with Crippen LogP contribution in [-0.2, 0) is 28.9 Å². The minimum Gasteiger partial charge on any atom is -0.383 e. The maximum atomic E-state index is 13.3. The molecule has 28 heavy (non-hydrogen) atoms. The molecule has 1 aliphatic rings. The number of carbonyl (C=O) groups excluding carboxylic acids is 1. The zero-order chi connectivity index (χ0) is 19.9. The number of methoxy groups -OCH3 is 1. The molecule has 2 aromatic heterocycles. The molecule has 0 aliphatic heterocycles. The van der Waals surface area contributed by atoms with Gasteiger partial charge in [0, 0.05) is 25.1 Å². The van der Waals surface area contributed by atoms with Gasteiger partial charge in [-0.25, -0.2) is 4.98 Å². The van der Waals surface area contributed by atoms with Crippen molar-refractivity contribution < 1.29 is 9.53 Å². The molecule has 0 unspecified atom stereocenters. The first kappa shape index (κ1) is 21.3. The first-order chi connectivity index (χ1) is 13.7. The number of thioether (sulfide) groups is 1. The van der Waals surface area contributed by atoms with Gasteiger partial charge in [0.05, 0.1) is 17.7 Å². The van der Waals surface area contributed by atoms with Crippen molar-refractivity contribution in [1.29, 1.82) is 0 Å². The molecule has 154 valence electrons. The molecular formula is C20H29N3O3S2. The topological polar surface area (TPSA) is 73.2 Å². The molecule has 0 saturated heterocycles. The van der Waals surface area contributed by atoms with Crippen LogP contribution in [-0.4, -0.2) is 41.5 Å². The van der Waals surface area contributed by atoms with Gasteiger partial charge in [-0.1, -0.05) is 31.5 Å². The highest BCUT2D eigenvalue weighted by atomic mass is 32.2. The molecule has 8 heteroatoms. The number of fused-ring (bicyclic) bond motifs is 3. The van der Waals surface area contributed by atoms with Crippen LogP contribution < -0.4 is 10.9 Å². The average molecular weight is 424 g/mol. The largest absolute Gasteiger partial charge is 0.383 e. The van der Waals surface area contributed by atoms with Crippen LogP contribution in [0.1, 0.15) is 49.5 Å². The fourth-order valence-electron chi connectivity index (χ4n) is 3.52. The minimum absolute atomic E-state index is 0.0676. The number of rotatable bonds is 10. The number of hydrogen-bond acceptors (Lipinski definition) is 6. The van der Waals surface area contributed by atoms with Crippen molar-refractivity contribution in [2.24, 2.45) is 0 Å². The second-order valence-corrected chi connectivity index (χ2v) is 9.11. The Bertz CT molecular complexity index is 876. The Morgan fingerprint density at radius 1 is 1.32 bits per heavy atom. The van der Waals surface area contributed by atoms with E-state index in [4.69, 9.17) is 9.72 Å². The van der Waals surface area contributed by atoms with Crippen LogP contribution in [0.2, 0.25) is 0 Å². The van der Waals surface area contributed by atoms with Crippen molar-refractivity contribution >= 4 is 39.2 Å². The molecule has 6 nitrogen and oxygen atoms in total. The number of carbonyl (C=O) groups is 1. The van der Waals surface area contributed by atoms with E-state index < -0.39 is 0 Å². The lowest BCUT2D eigenvalue weighted by Crippen LogP contribution is -2.29. The zero-order valence-corrected chi connectivity index (χ0v) is 18.3. The van der Waals surface area contributed by atoms with Gasteiger partial charge in [-0.2, -0.15) is 0 Å². The number of hydrogen-bond donors (Lipinski definition) is 1. The summed E-state index contributed by atoms with van der Waals surface area (Å²) in [6.45, 7) is 3.79. The number of aryl methyl sites for hydroxylation is 2. The van der Waals surface area contributed by atoms with Gasteiger partial charge in [0.15, 0.2) is 5.16 Å². The summed E-state index contributed by atoms with van der Waals surface area (Å²) in [5, 5.41) is 4.31. The van der Waals surface area contributed by atoms with Crippen LogP contribution in [0, 0.1) is 0 Å². The SMILES string of the molecule is CCCCCn1c(SCC(=O)NCCOC)nc2sc3c(c2c1=O)CCCC3. The van der Waals surface area contributed by atoms with Crippen molar-refractivity contribution in [3.05, 3.63) is 20.8 Å². The summed E-state index contributed by atoms with van der Waals surface area (Å²) in [5.41, 5.74) is 1.30. The smallest absolute Gasteiger partial charge is 0.263 e. The maximum Gasteiger partial charge on any atom is 0.263 e. The molecular weight excluding hydrogens is 394 g/mol. The Hall–Kier alpha value is -1.38. The Morgan fingerprint density at radius 2 is 2.14 bits per heavy atom. The molecule has 3 rings (SSSR count). The van der Waals surface area contributed by atoms with Crippen molar-refractivity contribution in [1.82, 2.24) is 14.9 Å². The Kier molecular flexibility index (Phi) is 7.93. The van der Waals surface area contributed by atoms with Gasteiger partial charge in [-0.15, -0.1) is 11.3 Å². The van der Waals surface area contributed by atoms with Crippen molar-refractivity contribution in [2.45, 2.75) is 63.6 Å². The Labute approximate surface area is 174 Å². The summed E-state index contributed by atoms with van der Waals surface area (Å²) in [4.78, 5) is 32.4. The number of unbranched alkanes of at least 4 members (excludes halogenated alkanes) is 2. The number of amides is 1. The predicted octanol–water partition coefficient (Wildman–Crippen LogP) is 3.38. The first-order valence-corrected chi connectivity index (χ1v) is 11.9. The van der Waals surface area contributed by atoms with Gasteiger partial charge in [-0.3, -0.25) is 14.2 Å². The number of nitrogens with zero attached hydrogens (tertiary/aromatic N) is 2. The second-order valence-electron chi connectivity index (χ2n) is 7.08. The van der Waals surface area contributed by atoms with Gasteiger partial charge in [0.2, 0.25) is 5.91 Å². The molecule has 2 heterocycles. The normalized spacial score (nSPS) is 13.6. The van der Waals surface area contributed by atoms with Gasteiger partial charge in [0.1, 0.15) is 4.83 Å². The minimum atomic E-state index is -0.0676. The number of ether oxygens (including phenoxy) is 1. The highest BCUT2D eigenvalue weighted by Gasteiger charge is 2.22. The third-order valence-electron chi connectivity index (χ3n) is 4.99. The van der Waals surface area contributed by atoms with E-state index in [1.165, 1.54) is 28.6 Å². The zero-order valence-electron chi connectivity index (χ0n) is 16.7. The molecule has 0 bridgehead atoms. The van der Waals surface area contributed by atoms with Crippen LogP contribution in [0.25, 0.3) is 10.2 Å². The van der Waals surface area contributed by atoms with Crippen molar-refractivity contribution in [3.8, 4) is 0 Å². The summed E-state index contributed by atoms with van der Waals surface area (Å²) in [5.74, 6) is 0.183. The summed E-state index contributed by atoms with van der Waals surface area (Å²) in [6, 6.07) is 0. The summed E-state index contributed by atoms with van der Waals surface area (Å²) >= 11 is 3.01. The average Bonchev–Trinajstić information content (AvgIpc) is 3.07. The molecule has 1 N–H and O–H groups in total. The molecule has 0 saturated carbocycles. The molecule has 0 spiro atoms. The monoisotopic (exact) mass is 423 g/mol. The summed E-state index contributed by atoms with van der Waals surface area (Å²) in [6.07, 6.45) is 7.49. The molecule has 2 aromatic rings. The lowest BCUT2D eigenvalue weighted by atomic mass is 9.97. The van der Waals surface area contributed by atoms with E-state index in [-0.39, 0.29) is 17.2 Å². The molecule has 0 radical (unpaired) electrons. The maximum absolute atomic E-state index is 13.3. The van der Waals surface area contributed by atoms with Gasteiger partial charge in [-0.05, 0) is 37.7 Å². The molecule has 0 aromatic carbocycles. The van der Waals surface area contributed by atoms with Crippen molar-refractivity contribution in [3.63, 3.8) is 0 Å². The van der Waals surface area contributed by atoms with E-state index >= 15 is 0 Å². The first-order valence-electron chi connectivity index (χ1n) is 10.1. The van der Waals surface area contributed by atoms with E-state index in [2.05, 4.69) is 12.2 Å². The van der Waals surface area contributed by atoms with Crippen LogP contribution in [0.3, 0.4) is 0 Å². The van der Waals surface area contributed by atoms with Gasteiger partial charge < -0.3 is 10.1 Å². The predicted molar refractivity (Wildman–Crippen MR) is 116 cm³/mol. The van der Waals surface area contributed by atoms with Gasteiger partial charge >= 0.3 is 0 Å². The van der Waals surface area contributed by atoms with E-state index in [1.54, 1.807) is 23.0 Å². The second kappa shape index (κ2) is 10.4. The highest BCUT2D eigenvalue weighted by molar-refractivity contribution is 7.99. The van der Waals surface area contributed by atoms with Crippen LogP contribution in [0.15, 0.2) is 9.95 Å². The standard InChI is InChI=1S/C20H29N3O3S2/c1-3-4-7-11-23-19(25)17-14-8-5-6-9-15(14)28-18(17)22-20(23)27-13-16(24)21-10-12-26-2/h3-13H2,1-2H3,(H,21,24). The van der Waals surface area contributed by atoms with Crippen LogP contribution >= 0.6 is 23.1 Å². The van der Waals surface area contributed by atoms with E-state index in [0.29, 0.717) is 24.9 Å². The quantitative estimate of drug-likeness (QED) is 0.360. The van der Waals surface area contributed by atoms with E-state index in [9.17, 15) is 9.59 Å². The number of aromatic nitrogens is 2. The van der Waals surface area contributed by atoms with Crippen LogP contribution in [0.5, 0.6) is 0 Å². The third kappa shape index (κ3) is 4.96. The Balaban J connectivity index is 1.87. The number of nitrogens with one attached hydrogen (secondary N) is 1. The highest BCUT2D eigenvalue weighted by Crippen LogP contribution is 2.34. The van der Waals surface area contributed by atoms with Crippen LogP contribution in [0.4, 0.5) is 0 Å². The summed E-state index contributed by atoms with van der Waals surface area (Å²) < 4.78 is 6.75. The molecule has 0 atom stereocenters. The van der Waals surface area contributed by atoms with E-state index in [1.807, 2.05) is 0 Å². The van der Waals surface area contributed by atoms with E-state index in [0.717, 1.165) is 48.7 Å². The lowest BCUT2D eigenvalue weighted by Gasteiger charge is -2.13. The van der Waals surface area contributed by atoms with Gasteiger partial charge in [0.25, 0.3) is 5.56 Å². The number of thiophene rings is 1. The fourth-order valence-corrected chi connectivity index (χ4v) is 5.68. The lowest BCUT2D eigenvalue weighted by molar-refractivity contribution is -0.118. The fraction of sp³-hybridized carbons (Fsp3) is 0.650.